The molecule has 1 heterocycles. The van der Waals surface area contributed by atoms with Gasteiger partial charge in [0.25, 0.3) is 5.91 Å². The predicted octanol–water partition coefficient (Wildman–Crippen LogP) is 5.84. The molecule has 0 aromatic heterocycles. The average molecular weight is 604 g/mol. The van der Waals surface area contributed by atoms with E-state index in [1.54, 1.807) is 4.90 Å². The molecule has 140 valence electrons. The largest absolute Gasteiger partial charge is 0.506 e. The number of aromatic hydroxyl groups is 1. The number of carbonyl (C=O) groups excluding carboxylic acids is 1. The van der Waals surface area contributed by atoms with Crippen LogP contribution in [0.15, 0.2) is 40.2 Å². The van der Waals surface area contributed by atoms with Crippen molar-refractivity contribution in [2.45, 2.75) is 20.8 Å². The van der Waals surface area contributed by atoms with Gasteiger partial charge in [0.2, 0.25) is 0 Å². The number of amidine groups is 1. The second-order valence-corrected chi connectivity index (χ2v) is 9.51. The summed E-state index contributed by atoms with van der Waals surface area (Å²) in [4.78, 5) is 19.9. The SMILES string of the molecule is CCN1C(=O)/C(=C\c2cc(I)c(O)c(I)c2)SC1=Nc1cc(C)ccc1C. The van der Waals surface area contributed by atoms with E-state index in [0.717, 1.165) is 29.5 Å². The summed E-state index contributed by atoms with van der Waals surface area (Å²) in [5.41, 5.74) is 4.00. The number of phenols is 1. The molecule has 27 heavy (non-hydrogen) atoms. The number of aliphatic imine (C=N–C) groups is 1. The quantitative estimate of drug-likeness (QED) is 0.354. The van der Waals surface area contributed by atoms with E-state index in [1.807, 2.05) is 51.1 Å². The Balaban J connectivity index is 2.00. The molecule has 7 heteroatoms. The van der Waals surface area contributed by atoms with Crippen molar-refractivity contribution in [1.29, 1.82) is 0 Å². The van der Waals surface area contributed by atoms with Crippen LogP contribution in [0.1, 0.15) is 23.6 Å². The number of amides is 1. The van der Waals surface area contributed by atoms with Crippen molar-refractivity contribution in [3.63, 3.8) is 0 Å². The number of thioether (sulfide) groups is 1. The molecule has 2 aromatic rings. The van der Waals surface area contributed by atoms with Crippen LogP contribution in [-0.2, 0) is 4.79 Å². The number of benzene rings is 2. The summed E-state index contributed by atoms with van der Waals surface area (Å²) in [6.45, 7) is 6.57. The van der Waals surface area contributed by atoms with Crippen molar-refractivity contribution < 1.29 is 9.90 Å². The smallest absolute Gasteiger partial charge is 0.266 e. The Morgan fingerprint density at radius 2 is 1.85 bits per heavy atom. The van der Waals surface area contributed by atoms with Crippen LogP contribution in [0, 0.1) is 21.0 Å². The molecular weight excluding hydrogens is 586 g/mol. The van der Waals surface area contributed by atoms with Crippen LogP contribution in [0.2, 0.25) is 0 Å². The minimum atomic E-state index is -0.0374. The highest BCUT2D eigenvalue weighted by Crippen LogP contribution is 2.36. The van der Waals surface area contributed by atoms with Crippen LogP contribution in [-0.4, -0.2) is 27.6 Å². The van der Waals surface area contributed by atoms with E-state index in [-0.39, 0.29) is 11.7 Å². The fourth-order valence-corrected chi connectivity index (χ4v) is 5.50. The highest BCUT2D eigenvalue weighted by Gasteiger charge is 2.32. The summed E-state index contributed by atoms with van der Waals surface area (Å²) >= 11 is 5.58. The number of hydrogen-bond donors (Lipinski definition) is 1. The van der Waals surface area contributed by atoms with Gasteiger partial charge in [0.15, 0.2) is 5.17 Å². The van der Waals surface area contributed by atoms with Crippen molar-refractivity contribution in [3.8, 4) is 5.75 Å². The molecule has 0 aliphatic carbocycles. The summed E-state index contributed by atoms with van der Waals surface area (Å²) in [5.74, 6) is 0.237. The van der Waals surface area contributed by atoms with Crippen LogP contribution in [0.3, 0.4) is 0 Å². The monoisotopic (exact) mass is 604 g/mol. The van der Waals surface area contributed by atoms with Crippen LogP contribution in [0.25, 0.3) is 6.08 Å². The van der Waals surface area contributed by atoms with Crippen molar-refractivity contribution in [2.24, 2.45) is 4.99 Å². The molecule has 1 aliphatic rings. The topological polar surface area (TPSA) is 52.9 Å². The third-order valence-corrected chi connectivity index (χ3v) is 6.77. The standard InChI is InChI=1S/C20H18I2N2O2S/c1-4-24-19(26)17(10-13-8-14(21)18(25)15(22)9-13)27-20(24)23-16-7-11(2)5-6-12(16)3/h5-10,25H,4H2,1-3H3/b17-10+,23-20?. The average Bonchev–Trinajstić information content (AvgIpc) is 2.90. The molecule has 1 aliphatic heterocycles. The first-order chi connectivity index (χ1) is 12.8. The summed E-state index contributed by atoms with van der Waals surface area (Å²) in [6.07, 6.45) is 1.87. The van der Waals surface area contributed by atoms with Crippen molar-refractivity contribution in [3.05, 3.63) is 59.1 Å². The van der Waals surface area contributed by atoms with Gasteiger partial charge in [-0.2, -0.15) is 0 Å². The van der Waals surface area contributed by atoms with Gasteiger partial charge in [-0.05, 0) is 119 Å². The highest BCUT2D eigenvalue weighted by atomic mass is 127. The van der Waals surface area contributed by atoms with Crippen LogP contribution < -0.4 is 0 Å². The molecular formula is C20H18I2N2O2S. The van der Waals surface area contributed by atoms with Crippen LogP contribution in [0.5, 0.6) is 5.75 Å². The Bertz CT molecular complexity index is 963. The molecule has 0 radical (unpaired) electrons. The lowest BCUT2D eigenvalue weighted by molar-refractivity contribution is -0.122. The summed E-state index contributed by atoms with van der Waals surface area (Å²) in [6, 6.07) is 9.88. The van der Waals surface area contributed by atoms with E-state index in [4.69, 9.17) is 4.99 Å². The lowest BCUT2D eigenvalue weighted by Crippen LogP contribution is -2.28. The van der Waals surface area contributed by atoms with Gasteiger partial charge in [0.1, 0.15) is 5.75 Å². The fourth-order valence-electron chi connectivity index (χ4n) is 2.63. The van der Waals surface area contributed by atoms with Gasteiger partial charge < -0.3 is 5.11 Å². The van der Waals surface area contributed by atoms with Gasteiger partial charge in [-0.3, -0.25) is 9.69 Å². The number of nitrogens with zero attached hydrogens (tertiary/aromatic N) is 2. The third-order valence-electron chi connectivity index (χ3n) is 4.12. The third kappa shape index (κ3) is 4.51. The Morgan fingerprint density at radius 1 is 1.19 bits per heavy atom. The number of halogens is 2. The molecule has 1 fully saturated rings. The Kier molecular flexibility index (Phi) is 6.52. The van der Waals surface area contributed by atoms with Crippen molar-refractivity contribution in [2.75, 3.05) is 6.54 Å². The van der Waals surface area contributed by atoms with Crippen LogP contribution >= 0.6 is 56.9 Å². The van der Waals surface area contributed by atoms with Gasteiger partial charge in [-0.25, -0.2) is 4.99 Å². The Hall–Kier alpha value is -1.07. The Labute approximate surface area is 190 Å². The summed E-state index contributed by atoms with van der Waals surface area (Å²) < 4.78 is 1.52. The normalized spacial score (nSPS) is 17.4. The Morgan fingerprint density at radius 3 is 2.48 bits per heavy atom. The number of carbonyl (C=O) groups is 1. The first-order valence-corrected chi connectivity index (χ1v) is 11.3. The van der Waals surface area contributed by atoms with Gasteiger partial charge >= 0.3 is 0 Å². The van der Waals surface area contributed by atoms with Gasteiger partial charge in [0.05, 0.1) is 17.7 Å². The van der Waals surface area contributed by atoms with E-state index in [1.165, 1.54) is 11.8 Å². The number of hydrogen-bond acceptors (Lipinski definition) is 4. The minimum absolute atomic E-state index is 0.0374. The zero-order chi connectivity index (χ0) is 19.7. The number of aryl methyl sites for hydroxylation is 2. The maximum Gasteiger partial charge on any atom is 0.266 e. The molecule has 1 amide bonds. The number of phenolic OH excluding ortho intramolecular Hbond substituents is 1. The molecule has 1 N–H and O–H groups in total. The second-order valence-electron chi connectivity index (χ2n) is 6.18. The van der Waals surface area contributed by atoms with Crippen molar-refractivity contribution >= 4 is 79.8 Å². The lowest BCUT2D eigenvalue weighted by Gasteiger charge is -2.12. The molecule has 0 unspecified atom stereocenters. The molecule has 0 atom stereocenters. The predicted molar refractivity (Wildman–Crippen MR) is 130 cm³/mol. The molecule has 0 saturated carbocycles. The number of likely N-dealkylation sites (N-methyl/N-ethyl adjacent to an activating group) is 1. The molecule has 2 aromatic carbocycles. The molecule has 0 spiro atoms. The first-order valence-electron chi connectivity index (χ1n) is 8.35. The molecule has 4 nitrogen and oxygen atoms in total. The van der Waals surface area contributed by atoms with Gasteiger partial charge in [-0.1, -0.05) is 12.1 Å². The van der Waals surface area contributed by atoms with Crippen molar-refractivity contribution in [1.82, 2.24) is 4.90 Å². The highest BCUT2D eigenvalue weighted by molar-refractivity contribution is 14.1. The van der Waals surface area contributed by atoms with Gasteiger partial charge in [-0.15, -0.1) is 0 Å². The molecule has 0 bridgehead atoms. The summed E-state index contributed by atoms with van der Waals surface area (Å²) in [7, 11) is 0. The molecule has 3 rings (SSSR count). The van der Waals surface area contributed by atoms with E-state index >= 15 is 0 Å². The first kappa shape index (κ1) is 20.7. The maximum atomic E-state index is 12.8. The maximum absolute atomic E-state index is 12.8. The zero-order valence-corrected chi connectivity index (χ0v) is 20.2. The van der Waals surface area contributed by atoms with E-state index in [9.17, 15) is 9.90 Å². The summed E-state index contributed by atoms with van der Waals surface area (Å²) in [5, 5.41) is 10.6. The van der Waals surface area contributed by atoms with E-state index in [0.29, 0.717) is 16.6 Å². The lowest BCUT2D eigenvalue weighted by atomic mass is 10.1. The number of rotatable bonds is 3. The zero-order valence-electron chi connectivity index (χ0n) is 15.1. The second kappa shape index (κ2) is 8.52. The minimum Gasteiger partial charge on any atom is -0.506 e. The van der Waals surface area contributed by atoms with Gasteiger partial charge in [0, 0.05) is 6.54 Å². The molecule has 1 saturated heterocycles. The van der Waals surface area contributed by atoms with Crippen LogP contribution in [0.4, 0.5) is 5.69 Å². The fraction of sp³-hybridized carbons (Fsp3) is 0.200. The van der Waals surface area contributed by atoms with E-state index < -0.39 is 0 Å². The van der Waals surface area contributed by atoms with E-state index in [2.05, 4.69) is 51.2 Å².